The summed E-state index contributed by atoms with van der Waals surface area (Å²) in [7, 11) is -3.03. The molecule has 0 saturated carbocycles. The first kappa shape index (κ1) is 17.9. The number of carbonyl (C=O) groups is 1. The molecule has 0 aliphatic carbocycles. The maximum absolute atomic E-state index is 12.8. The highest BCUT2D eigenvalue weighted by Crippen LogP contribution is 2.29. The van der Waals surface area contributed by atoms with Gasteiger partial charge in [-0.25, -0.2) is 8.42 Å². The molecule has 1 aliphatic heterocycles. The highest BCUT2D eigenvalue weighted by atomic mass is 35.5. The van der Waals surface area contributed by atoms with Crippen molar-refractivity contribution in [3.63, 3.8) is 0 Å². The zero-order valence-electron chi connectivity index (χ0n) is 14.4. The second-order valence-electron chi connectivity index (χ2n) is 6.57. The van der Waals surface area contributed by atoms with Crippen molar-refractivity contribution in [1.82, 2.24) is 9.88 Å². The Kier molecular flexibility index (Phi) is 4.61. The maximum atomic E-state index is 12.8. The van der Waals surface area contributed by atoms with Crippen LogP contribution in [-0.4, -0.2) is 48.8 Å². The van der Waals surface area contributed by atoms with E-state index in [4.69, 9.17) is 11.6 Å². The van der Waals surface area contributed by atoms with Gasteiger partial charge in [-0.05, 0) is 35.2 Å². The third-order valence-corrected chi connectivity index (χ3v) is 6.66. The van der Waals surface area contributed by atoms with E-state index in [1.54, 1.807) is 23.4 Å². The number of fused-ring (bicyclic) bond motifs is 1. The minimum atomic E-state index is -3.03. The van der Waals surface area contributed by atoms with Gasteiger partial charge in [0, 0.05) is 47.0 Å². The molecule has 2 heterocycles. The van der Waals surface area contributed by atoms with E-state index >= 15 is 0 Å². The highest BCUT2D eigenvalue weighted by Gasteiger charge is 2.25. The summed E-state index contributed by atoms with van der Waals surface area (Å²) in [6, 6.07) is 13.0. The molecule has 1 amide bonds. The highest BCUT2D eigenvalue weighted by molar-refractivity contribution is 7.91. The van der Waals surface area contributed by atoms with Crippen LogP contribution >= 0.6 is 11.6 Å². The second-order valence-corrected chi connectivity index (χ2v) is 9.31. The van der Waals surface area contributed by atoms with Crippen molar-refractivity contribution < 1.29 is 13.2 Å². The lowest BCUT2D eigenvalue weighted by molar-refractivity contribution is 0.0770. The van der Waals surface area contributed by atoms with E-state index in [1.807, 2.05) is 36.4 Å². The molecule has 27 heavy (non-hydrogen) atoms. The van der Waals surface area contributed by atoms with Crippen LogP contribution in [0.5, 0.6) is 0 Å². The Bertz CT molecular complexity index is 1110. The number of hydrogen-bond donors (Lipinski definition) is 0. The van der Waals surface area contributed by atoms with Crippen molar-refractivity contribution in [2.45, 2.75) is 0 Å². The first-order chi connectivity index (χ1) is 12.9. The number of nitrogens with zero attached hydrogens (tertiary/aromatic N) is 2. The lowest BCUT2D eigenvalue weighted by Crippen LogP contribution is -2.43. The zero-order valence-corrected chi connectivity index (χ0v) is 16.0. The molecule has 7 heteroatoms. The number of hydrogen-bond acceptors (Lipinski definition) is 4. The molecule has 138 valence electrons. The smallest absolute Gasteiger partial charge is 0.253 e. The van der Waals surface area contributed by atoms with Crippen molar-refractivity contribution >= 4 is 38.1 Å². The van der Waals surface area contributed by atoms with Crippen LogP contribution in [0.1, 0.15) is 10.4 Å². The number of carbonyl (C=O) groups excluding carboxylic acids is 1. The topological polar surface area (TPSA) is 67.3 Å². The van der Waals surface area contributed by atoms with Gasteiger partial charge in [-0.3, -0.25) is 9.78 Å². The lowest BCUT2D eigenvalue weighted by Gasteiger charge is -2.26. The summed E-state index contributed by atoms with van der Waals surface area (Å²) in [6.07, 6.45) is 3.53. The minimum Gasteiger partial charge on any atom is -0.337 e. The van der Waals surface area contributed by atoms with Gasteiger partial charge in [0.2, 0.25) is 0 Å². The predicted octanol–water partition coefficient (Wildman–Crippen LogP) is 3.43. The molecule has 3 aromatic rings. The predicted molar refractivity (Wildman–Crippen MR) is 107 cm³/mol. The second kappa shape index (κ2) is 6.94. The summed E-state index contributed by atoms with van der Waals surface area (Å²) in [5, 5.41) is 2.51. The number of rotatable bonds is 2. The van der Waals surface area contributed by atoms with E-state index in [0.717, 1.165) is 21.9 Å². The molecule has 1 fully saturated rings. The van der Waals surface area contributed by atoms with E-state index < -0.39 is 9.84 Å². The summed E-state index contributed by atoms with van der Waals surface area (Å²) < 4.78 is 23.2. The van der Waals surface area contributed by atoms with Crippen molar-refractivity contribution in [3.8, 4) is 11.1 Å². The Morgan fingerprint density at radius 3 is 2.41 bits per heavy atom. The number of halogens is 1. The largest absolute Gasteiger partial charge is 0.337 e. The number of amides is 1. The molecule has 0 radical (unpaired) electrons. The van der Waals surface area contributed by atoms with Gasteiger partial charge in [0.15, 0.2) is 9.84 Å². The van der Waals surface area contributed by atoms with E-state index in [0.29, 0.717) is 10.6 Å². The standard InChI is InChI=1S/C20H17ClN2O3S/c21-17-5-3-14(4-6-17)19-13-22-12-16-2-1-15(11-18(16)19)20(24)23-7-9-27(25,26)10-8-23/h1-6,11-13H,7-10H2. The molecule has 5 nitrogen and oxygen atoms in total. The molecule has 0 atom stereocenters. The minimum absolute atomic E-state index is 0.0201. The fourth-order valence-corrected chi connectivity index (χ4v) is 4.58. The Labute approximate surface area is 162 Å². The van der Waals surface area contributed by atoms with Gasteiger partial charge in [-0.15, -0.1) is 0 Å². The molecule has 2 aromatic carbocycles. The van der Waals surface area contributed by atoms with Crippen LogP contribution in [0.3, 0.4) is 0 Å². The molecule has 0 N–H and O–H groups in total. The number of pyridine rings is 1. The van der Waals surface area contributed by atoms with Crippen LogP contribution in [-0.2, 0) is 9.84 Å². The van der Waals surface area contributed by atoms with Crippen LogP contribution < -0.4 is 0 Å². The molecule has 0 unspecified atom stereocenters. The fourth-order valence-electron chi connectivity index (χ4n) is 3.25. The Morgan fingerprint density at radius 2 is 1.70 bits per heavy atom. The number of sulfone groups is 1. The van der Waals surface area contributed by atoms with Gasteiger partial charge in [0.25, 0.3) is 5.91 Å². The summed E-state index contributed by atoms with van der Waals surface area (Å²) in [6.45, 7) is 0.471. The van der Waals surface area contributed by atoms with E-state index in [1.165, 1.54) is 0 Å². The molecule has 1 aromatic heterocycles. The van der Waals surface area contributed by atoms with Crippen molar-refractivity contribution in [2.24, 2.45) is 0 Å². The molecular weight excluding hydrogens is 384 g/mol. The fraction of sp³-hybridized carbons (Fsp3) is 0.200. The average molecular weight is 401 g/mol. The van der Waals surface area contributed by atoms with Crippen LogP contribution in [0, 0.1) is 0 Å². The van der Waals surface area contributed by atoms with E-state index in [9.17, 15) is 13.2 Å². The van der Waals surface area contributed by atoms with Gasteiger partial charge >= 0.3 is 0 Å². The lowest BCUT2D eigenvalue weighted by atomic mass is 9.99. The Morgan fingerprint density at radius 1 is 1.00 bits per heavy atom. The number of benzene rings is 2. The third-order valence-electron chi connectivity index (χ3n) is 4.79. The quantitative estimate of drug-likeness (QED) is 0.661. The molecule has 1 saturated heterocycles. The van der Waals surface area contributed by atoms with Crippen LogP contribution in [0.15, 0.2) is 54.9 Å². The van der Waals surface area contributed by atoms with Gasteiger partial charge < -0.3 is 4.90 Å². The molecule has 4 rings (SSSR count). The monoisotopic (exact) mass is 400 g/mol. The zero-order chi connectivity index (χ0) is 19.0. The molecule has 1 aliphatic rings. The first-order valence-electron chi connectivity index (χ1n) is 8.56. The van der Waals surface area contributed by atoms with Crippen LogP contribution in [0.25, 0.3) is 21.9 Å². The van der Waals surface area contributed by atoms with Crippen molar-refractivity contribution in [2.75, 3.05) is 24.6 Å². The molecule has 0 bridgehead atoms. The molecule has 0 spiro atoms. The van der Waals surface area contributed by atoms with Gasteiger partial charge in [-0.1, -0.05) is 29.8 Å². The third kappa shape index (κ3) is 3.68. The van der Waals surface area contributed by atoms with E-state index in [-0.39, 0.29) is 30.5 Å². The number of aromatic nitrogens is 1. The van der Waals surface area contributed by atoms with Gasteiger partial charge in [0.1, 0.15) is 0 Å². The van der Waals surface area contributed by atoms with Gasteiger partial charge in [0.05, 0.1) is 11.5 Å². The van der Waals surface area contributed by atoms with Crippen molar-refractivity contribution in [3.05, 3.63) is 65.4 Å². The van der Waals surface area contributed by atoms with Crippen LogP contribution in [0.2, 0.25) is 5.02 Å². The summed E-state index contributed by atoms with van der Waals surface area (Å²) in [4.78, 5) is 18.7. The van der Waals surface area contributed by atoms with E-state index in [2.05, 4.69) is 4.98 Å². The summed E-state index contributed by atoms with van der Waals surface area (Å²) in [5.41, 5.74) is 2.43. The first-order valence-corrected chi connectivity index (χ1v) is 10.8. The van der Waals surface area contributed by atoms with Crippen molar-refractivity contribution in [1.29, 1.82) is 0 Å². The van der Waals surface area contributed by atoms with Crippen LogP contribution in [0.4, 0.5) is 0 Å². The SMILES string of the molecule is O=C(c1ccc2cncc(-c3ccc(Cl)cc3)c2c1)N1CCS(=O)(=O)CC1. The Balaban J connectivity index is 1.72. The Hall–Kier alpha value is -2.44. The normalized spacial score (nSPS) is 16.4. The average Bonchev–Trinajstić information content (AvgIpc) is 2.67. The summed E-state index contributed by atoms with van der Waals surface area (Å²) >= 11 is 5.98. The van der Waals surface area contributed by atoms with Gasteiger partial charge in [-0.2, -0.15) is 0 Å². The molecular formula is C20H17ClN2O3S. The maximum Gasteiger partial charge on any atom is 0.253 e. The summed E-state index contributed by atoms with van der Waals surface area (Å²) in [5.74, 6) is -0.107.